The van der Waals surface area contributed by atoms with E-state index in [2.05, 4.69) is 17.6 Å². The number of hydrogen-bond donors (Lipinski definition) is 2. The quantitative estimate of drug-likeness (QED) is 0.645. The molecule has 0 aromatic rings. The van der Waals surface area contributed by atoms with Crippen molar-refractivity contribution >= 4 is 0 Å². The summed E-state index contributed by atoms with van der Waals surface area (Å²) in [6.07, 6.45) is 4.49. The average molecular weight is 212 g/mol. The second-order valence-corrected chi connectivity index (χ2v) is 5.00. The molecule has 15 heavy (non-hydrogen) atoms. The molecule has 88 valence electrons. The van der Waals surface area contributed by atoms with Crippen LogP contribution in [0.25, 0.3) is 0 Å². The molecule has 1 saturated carbocycles. The summed E-state index contributed by atoms with van der Waals surface area (Å²) >= 11 is 0. The van der Waals surface area contributed by atoms with Crippen molar-refractivity contribution in [3.05, 3.63) is 0 Å². The van der Waals surface area contributed by atoms with Crippen molar-refractivity contribution in [2.45, 2.75) is 32.3 Å². The Morgan fingerprint density at radius 3 is 3.00 bits per heavy atom. The van der Waals surface area contributed by atoms with Gasteiger partial charge in [0.1, 0.15) is 0 Å². The fraction of sp³-hybridized carbons (Fsp3) is 1.00. The van der Waals surface area contributed by atoms with Gasteiger partial charge in [-0.05, 0) is 44.2 Å². The van der Waals surface area contributed by atoms with Crippen molar-refractivity contribution < 1.29 is 4.74 Å². The molecule has 3 heteroatoms. The van der Waals surface area contributed by atoms with Gasteiger partial charge in [0.2, 0.25) is 0 Å². The highest BCUT2D eigenvalue weighted by Crippen LogP contribution is 2.35. The Morgan fingerprint density at radius 2 is 2.33 bits per heavy atom. The summed E-state index contributed by atoms with van der Waals surface area (Å²) in [7, 11) is 0. The van der Waals surface area contributed by atoms with Gasteiger partial charge in [-0.2, -0.15) is 0 Å². The molecule has 0 spiro atoms. The molecule has 2 atom stereocenters. The van der Waals surface area contributed by atoms with Crippen molar-refractivity contribution in [2.24, 2.45) is 11.8 Å². The summed E-state index contributed by atoms with van der Waals surface area (Å²) in [5, 5.41) is 6.91. The van der Waals surface area contributed by atoms with Gasteiger partial charge in [-0.1, -0.05) is 6.92 Å². The van der Waals surface area contributed by atoms with E-state index in [1.807, 2.05) is 0 Å². The normalized spacial score (nSPS) is 29.0. The van der Waals surface area contributed by atoms with Gasteiger partial charge < -0.3 is 15.4 Å². The van der Waals surface area contributed by atoms with Crippen LogP contribution in [0.2, 0.25) is 0 Å². The highest BCUT2D eigenvalue weighted by atomic mass is 16.5. The zero-order chi connectivity index (χ0) is 10.5. The molecule has 2 fully saturated rings. The van der Waals surface area contributed by atoms with E-state index in [9.17, 15) is 0 Å². The number of morpholine rings is 1. The Bertz CT molecular complexity index is 176. The van der Waals surface area contributed by atoms with E-state index in [1.54, 1.807) is 0 Å². The van der Waals surface area contributed by atoms with Crippen LogP contribution in [0, 0.1) is 11.8 Å². The van der Waals surface area contributed by atoms with E-state index in [0.29, 0.717) is 6.10 Å². The van der Waals surface area contributed by atoms with E-state index < -0.39 is 0 Å². The van der Waals surface area contributed by atoms with Gasteiger partial charge in [0.15, 0.2) is 0 Å². The van der Waals surface area contributed by atoms with Gasteiger partial charge in [0, 0.05) is 13.1 Å². The molecule has 1 aliphatic carbocycles. The molecule has 2 aliphatic rings. The summed E-state index contributed by atoms with van der Waals surface area (Å²) in [4.78, 5) is 0. The first-order valence-corrected chi connectivity index (χ1v) is 6.39. The van der Waals surface area contributed by atoms with Crippen molar-refractivity contribution in [1.29, 1.82) is 0 Å². The second kappa shape index (κ2) is 5.83. The van der Waals surface area contributed by atoms with E-state index >= 15 is 0 Å². The summed E-state index contributed by atoms with van der Waals surface area (Å²) in [5.41, 5.74) is 0. The Morgan fingerprint density at radius 1 is 1.47 bits per heavy atom. The molecule has 0 radical (unpaired) electrons. The van der Waals surface area contributed by atoms with Gasteiger partial charge in [0.05, 0.1) is 12.7 Å². The van der Waals surface area contributed by atoms with Crippen LogP contribution in [0.5, 0.6) is 0 Å². The van der Waals surface area contributed by atoms with E-state index in [-0.39, 0.29) is 0 Å². The maximum Gasteiger partial charge on any atom is 0.0712 e. The van der Waals surface area contributed by atoms with Crippen molar-refractivity contribution in [3.63, 3.8) is 0 Å². The summed E-state index contributed by atoms with van der Waals surface area (Å²) in [5.74, 6) is 1.89. The zero-order valence-electron chi connectivity index (χ0n) is 9.80. The summed E-state index contributed by atoms with van der Waals surface area (Å²) in [6, 6.07) is 0. The SMILES string of the molecule is CC(CNCCC1CNCCO1)C1CC1. The Hall–Kier alpha value is -0.120. The summed E-state index contributed by atoms with van der Waals surface area (Å²) < 4.78 is 5.64. The first kappa shape index (κ1) is 11.4. The monoisotopic (exact) mass is 212 g/mol. The minimum absolute atomic E-state index is 0.433. The first-order chi connectivity index (χ1) is 7.36. The molecule has 3 nitrogen and oxygen atoms in total. The van der Waals surface area contributed by atoms with Crippen LogP contribution in [0.15, 0.2) is 0 Å². The van der Waals surface area contributed by atoms with Crippen LogP contribution in [0.4, 0.5) is 0 Å². The standard InChI is InChI=1S/C12H24N2O/c1-10(11-2-3-11)8-13-5-4-12-9-14-6-7-15-12/h10-14H,2-9H2,1H3. The molecular formula is C12H24N2O. The Kier molecular flexibility index (Phi) is 4.42. The maximum atomic E-state index is 5.64. The topological polar surface area (TPSA) is 33.3 Å². The van der Waals surface area contributed by atoms with Gasteiger partial charge in [-0.15, -0.1) is 0 Å². The lowest BCUT2D eigenvalue weighted by atomic mass is 10.1. The van der Waals surface area contributed by atoms with Crippen molar-refractivity contribution in [1.82, 2.24) is 10.6 Å². The molecule has 0 aromatic carbocycles. The molecule has 2 N–H and O–H groups in total. The molecule has 0 amide bonds. The summed E-state index contributed by atoms with van der Waals surface area (Å²) in [6.45, 7) is 7.57. The average Bonchev–Trinajstić information content (AvgIpc) is 3.09. The van der Waals surface area contributed by atoms with Gasteiger partial charge >= 0.3 is 0 Å². The highest BCUT2D eigenvalue weighted by molar-refractivity contribution is 4.80. The molecule has 2 rings (SSSR count). The Balaban J connectivity index is 1.46. The Labute approximate surface area is 93.0 Å². The van der Waals surface area contributed by atoms with Crippen molar-refractivity contribution in [3.8, 4) is 0 Å². The zero-order valence-corrected chi connectivity index (χ0v) is 9.80. The van der Waals surface area contributed by atoms with Crippen LogP contribution in [-0.2, 0) is 4.74 Å². The second-order valence-electron chi connectivity index (χ2n) is 5.00. The third-order valence-corrected chi connectivity index (χ3v) is 3.54. The predicted molar refractivity (Wildman–Crippen MR) is 62.0 cm³/mol. The number of rotatable bonds is 6. The van der Waals surface area contributed by atoms with Crippen LogP contribution < -0.4 is 10.6 Å². The van der Waals surface area contributed by atoms with Crippen LogP contribution in [-0.4, -0.2) is 38.9 Å². The molecule has 1 saturated heterocycles. The number of nitrogens with one attached hydrogen (secondary N) is 2. The number of ether oxygens (including phenoxy) is 1. The smallest absolute Gasteiger partial charge is 0.0712 e. The fourth-order valence-corrected chi connectivity index (χ4v) is 2.23. The lowest BCUT2D eigenvalue weighted by Gasteiger charge is -2.23. The third-order valence-electron chi connectivity index (χ3n) is 3.54. The van der Waals surface area contributed by atoms with E-state index in [1.165, 1.54) is 19.4 Å². The maximum absolute atomic E-state index is 5.64. The minimum Gasteiger partial charge on any atom is -0.376 e. The molecule has 1 heterocycles. The molecule has 0 aromatic heterocycles. The van der Waals surface area contributed by atoms with Gasteiger partial charge in [-0.25, -0.2) is 0 Å². The lowest BCUT2D eigenvalue weighted by Crippen LogP contribution is -2.40. The molecular weight excluding hydrogens is 188 g/mol. The minimum atomic E-state index is 0.433. The largest absolute Gasteiger partial charge is 0.376 e. The highest BCUT2D eigenvalue weighted by Gasteiger charge is 2.27. The molecule has 0 bridgehead atoms. The molecule has 1 aliphatic heterocycles. The van der Waals surface area contributed by atoms with Crippen LogP contribution in [0.3, 0.4) is 0 Å². The van der Waals surface area contributed by atoms with Crippen LogP contribution in [0.1, 0.15) is 26.2 Å². The van der Waals surface area contributed by atoms with Crippen LogP contribution >= 0.6 is 0 Å². The lowest BCUT2D eigenvalue weighted by molar-refractivity contribution is 0.0237. The van der Waals surface area contributed by atoms with E-state index in [4.69, 9.17) is 4.74 Å². The van der Waals surface area contributed by atoms with Crippen molar-refractivity contribution in [2.75, 3.05) is 32.8 Å². The fourth-order valence-electron chi connectivity index (χ4n) is 2.23. The number of hydrogen-bond acceptors (Lipinski definition) is 3. The first-order valence-electron chi connectivity index (χ1n) is 6.39. The molecule has 2 unspecified atom stereocenters. The van der Waals surface area contributed by atoms with Gasteiger partial charge in [-0.3, -0.25) is 0 Å². The predicted octanol–water partition coefficient (Wildman–Crippen LogP) is 1.00. The van der Waals surface area contributed by atoms with E-state index in [0.717, 1.165) is 44.5 Å². The third kappa shape index (κ3) is 4.09. The van der Waals surface area contributed by atoms with Gasteiger partial charge in [0.25, 0.3) is 0 Å².